The number of non-ortho nitro benzene ring substituents is 1. The van der Waals surface area contributed by atoms with Crippen LogP contribution in [0.5, 0.6) is 0 Å². The summed E-state index contributed by atoms with van der Waals surface area (Å²) in [6.45, 7) is 1.31. The summed E-state index contributed by atoms with van der Waals surface area (Å²) in [5.41, 5.74) is 0.959. The summed E-state index contributed by atoms with van der Waals surface area (Å²) in [5.74, 6) is 2.31. The molecule has 1 aromatic carbocycles. The lowest BCUT2D eigenvalue weighted by Crippen LogP contribution is -2.47. The van der Waals surface area contributed by atoms with Gasteiger partial charge in [0.2, 0.25) is 0 Å². The van der Waals surface area contributed by atoms with E-state index in [1.54, 1.807) is 12.1 Å². The van der Waals surface area contributed by atoms with Crippen molar-refractivity contribution in [2.75, 3.05) is 6.54 Å². The number of benzene rings is 1. The molecule has 0 radical (unpaired) electrons. The van der Waals surface area contributed by atoms with Gasteiger partial charge in [-0.1, -0.05) is 12.1 Å². The van der Waals surface area contributed by atoms with Gasteiger partial charge >= 0.3 is 6.03 Å². The van der Waals surface area contributed by atoms with E-state index in [0.717, 1.165) is 36.8 Å². The molecule has 2 aliphatic carbocycles. The van der Waals surface area contributed by atoms with Crippen molar-refractivity contribution in [3.8, 4) is 0 Å². The molecule has 2 unspecified atom stereocenters. The molecule has 1 N–H and O–H groups in total. The maximum atomic E-state index is 12.7. The van der Waals surface area contributed by atoms with Crippen molar-refractivity contribution in [2.24, 2.45) is 17.8 Å². The van der Waals surface area contributed by atoms with E-state index in [0.29, 0.717) is 18.5 Å². The molecule has 2 heterocycles. The van der Waals surface area contributed by atoms with Gasteiger partial charge in [-0.05, 0) is 55.4 Å². The second kappa shape index (κ2) is 6.07. The third-order valence-electron chi connectivity index (χ3n) is 5.96. The normalized spacial score (nSPS) is 30.9. The van der Waals surface area contributed by atoms with E-state index in [4.69, 9.17) is 0 Å². The van der Waals surface area contributed by atoms with Crippen LogP contribution in [0, 0.1) is 27.9 Å². The van der Waals surface area contributed by atoms with Crippen LogP contribution in [0.2, 0.25) is 0 Å². The van der Waals surface area contributed by atoms with E-state index >= 15 is 0 Å². The van der Waals surface area contributed by atoms with E-state index < -0.39 is 4.92 Å². The first-order chi connectivity index (χ1) is 11.6. The van der Waals surface area contributed by atoms with Gasteiger partial charge < -0.3 is 10.2 Å². The van der Waals surface area contributed by atoms with Crippen molar-refractivity contribution in [1.82, 2.24) is 10.2 Å². The minimum absolute atomic E-state index is 0.0200. The van der Waals surface area contributed by atoms with Gasteiger partial charge in [-0.15, -0.1) is 0 Å². The Kier molecular flexibility index (Phi) is 3.90. The van der Waals surface area contributed by atoms with Crippen LogP contribution in [0.25, 0.3) is 0 Å². The summed E-state index contributed by atoms with van der Waals surface area (Å²) in [6, 6.07) is 6.79. The summed E-state index contributed by atoms with van der Waals surface area (Å²) in [6.07, 6.45) is 6.28. The van der Waals surface area contributed by atoms with Crippen LogP contribution in [-0.2, 0) is 6.54 Å². The largest absolute Gasteiger partial charge is 0.334 e. The Morgan fingerprint density at radius 1 is 1.08 bits per heavy atom. The molecule has 0 aromatic heterocycles. The quantitative estimate of drug-likeness (QED) is 0.683. The van der Waals surface area contributed by atoms with Crippen molar-refractivity contribution in [3.05, 3.63) is 39.9 Å². The van der Waals surface area contributed by atoms with Crippen molar-refractivity contribution in [2.45, 2.75) is 44.7 Å². The first-order valence-electron chi connectivity index (χ1n) is 8.86. The molecule has 24 heavy (non-hydrogen) atoms. The molecule has 2 atom stereocenters. The van der Waals surface area contributed by atoms with Gasteiger partial charge in [-0.2, -0.15) is 0 Å². The van der Waals surface area contributed by atoms with Gasteiger partial charge in [0.05, 0.1) is 4.92 Å². The van der Waals surface area contributed by atoms with Gasteiger partial charge in [0.1, 0.15) is 0 Å². The molecule has 0 spiro atoms. The Morgan fingerprint density at radius 2 is 1.71 bits per heavy atom. The van der Waals surface area contributed by atoms with Gasteiger partial charge in [0.15, 0.2) is 0 Å². The topological polar surface area (TPSA) is 75.5 Å². The Morgan fingerprint density at radius 3 is 2.33 bits per heavy atom. The Balaban J connectivity index is 1.38. The number of nitro benzene ring substituents is 1. The van der Waals surface area contributed by atoms with Gasteiger partial charge in [0, 0.05) is 31.3 Å². The molecular weight excluding hydrogens is 306 g/mol. The van der Waals surface area contributed by atoms with Crippen LogP contribution in [-0.4, -0.2) is 28.4 Å². The van der Waals surface area contributed by atoms with E-state index in [9.17, 15) is 14.9 Å². The smallest absolute Gasteiger partial charge is 0.317 e. The molecule has 2 amide bonds. The molecule has 6 nitrogen and oxygen atoms in total. The number of carbonyl (C=O) groups is 1. The van der Waals surface area contributed by atoms with E-state index in [-0.39, 0.29) is 11.7 Å². The summed E-state index contributed by atoms with van der Waals surface area (Å²) in [5, 5.41) is 13.7. The fourth-order valence-corrected chi connectivity index (χ4v) is 5.05. The van der Waals surface area contributed by atoms with Crippen molar-refractivity contribution in [3.63, 3.8) is 0 Å². The minimum atomic E-state index is -0.412. The van der Waals surface area contributed by atoms with E-state index in [1.165, 1.54) is 31.4 Å². The molecule has 4 bridgehead atoms. The van der Waals surface area contributed by atoms with Crippen LogP contribution in [0.4, 0.5) is 10.5 Å². The van der Waals surface area contributed by atoms with Crippen molar-refractivity contribution < 1.29 is 9.72 Å². The maximum absolute atomic E-state index is 12.7. The van der Waals surface area contributed by atoms with E-state index in [1.807, 2.05) is 0 Å². The van der Waals surface area contributed by atoms with Crippen LogP contribution >= 0.6 is 0 Å². The van der Waals surface area contributed by atoms with Crippen LogP contribution in [0.3, 0.4) is 0 Å². The van der Waals surface area contributed by atoms with Crippen LogP contribution in [0.1, 0.15) is 37.7 Å². The summed E-state index contributed by atoms with van der Waals surface area (Å²) >= 11 is 0. The maximum Gasteiger partial charge on any atom is 0.317 e. The Labute approximate surface area is 141 Å². The molecule has 5 rings (SSSR count). The molecule has 2 aliphatic heterocycles. The summed E-state index contributed by atoms with van der Waals surface area (Å²) in [7, 11) is 0. The lowest BCUT2D eigenvalue weighted by Gasteiger charge is -2.38. The molecular formula is C18H23N3O3. The predicted molar refractivity (Wildman–Crippen MR) is 89.4 cm³/mol. The lowest BCUT2D eigenvalue weighted by molar-refractivity contribution is -0.384. The van der Waals surface area contributed by atoms with Crippen molar-refractivity contribution >= 4 is 11.7 Å². The third-order valence-corrected chi connectivity index (χ3v) is 5.96. The zero-order chi connectivity index (χ0) is 16.7. The highest BCUT2D eigenvalue weighted by atomic mass is 16.6. The Hall–Kier alpha value is -2.11. The number of carbonyl (C=O) groups excluding carboxylic acids is 1. The number of rotatable bonds is 3. The van der Waals surface area contributed by atoms with Gasteiger partial charge in [0.25, 0.3) is 5.69 Å². The predicted octanol–water partition coefficient (Wildman–Crippen LogP) is 3.31. The number of urea groups is 1. The number of nitrogens with zero attached hydrogens (tertiary/aromatic N) is 2. The second-order valence-corrected chi connectivity index (χ2v) is 7.67. The minimum Gasteiger partial charge on any atom is -0.334 e. The molecule has 4 aliphatic rings. The summed E-state index contributed by atoms with van der Waals surface area (Å²) < 4.78 is 0. The SMILES string of the molecule is O=C(NCc1ccc([N+](=O)[O-])cc1)N1CC2CC3CC(C2)CC1C3. The highest BCUT2D eigenvalue weighted by Crippen LogP contribution is 2.47. The summed E-state index contributed by atoms with van der Waals surface area (Å²) in [4.78, 5) is 25.0. The number of hydrogen-bond acceptors (Lipinski definition) is 3. The second-order valence-electron chi connectivity index (χ2n) is 7.67. The van der Waals surface area contributed by atoms with Crippen LogP contribution in [0.15, 0.2) is 24.3 Å². The zero-order valence-corrected chi connectivity index (χ0v) is 13.7. The molecule has 4 fully saturated rings. The lowest BCUT2D eigenvalue weighted by atomic mass is 9.68. The molecule has 1 aromatic rings. The monoisotopic (exact) mass is 329 g/mol. The number of amides is 2. The first-order valence-corrected chi connectivity index (χ1v) is 8.86. The number of nitrogens with one attached hydrogen (secondary N) is 1. The molecule has 128 valence electrons. The Bertz CT molecular complexity index is 631. The molecule has 6 heteroatoms. The average Bonchev–Trinajstić information content (AvgIpc) is 2.76. The first kappa shape index (κ1) is 15.4. The fourth-order valence-electron chi connectivity index (χ4n) is 5.05. The van der Waals surface area contributed by atoms with Crippen LogP contribution < -0.4 is 5.32 Å². The molecule has 2 saturated carbocycles. The average molecular weight is 329 g/mol. The number of hydrogen-bond donors (Lipinski definition) is 1. The van der Waals surface area contributed by atoms with Gasteiger partial charge in [-0.3, -0.25) is 10.1 Å². The fraction of sp³-hybridized carbons (Fsp3) is 0.611. The third kappa shape index (κ3) is 2.97. The number of fused-ring (bicyclic) bond motifs is 1. The zero-order valence-electron chi connectivity index (χ0n) is 13.7. The number of nitro groups is 1. The standard InChI is InChI=1S/C18H23N3O3/c22-18(19-10-12-1-3-16(4-2-12)21(23)24)20-11-15-6-13-5-14(7-15)9-17(20)8-13/h1-4,13-15,17H,5-11H2,(H,19,22). The van der Waals surface area contributed by atoms with Crippen molar-refractivity contribution in [1.29, 1.82) is 0 Å². The van der Waals surface area contributed by atoms with Gasteiger partial charge in [-0.25, -0.2) is 4.79 Å². The highest BCUT2D eigenvalue weighted by molar-refractivity contribution is 5.74. The highest BCUT2D eigenvalue weighted by Gasteiger charge is 2.43. The van der Waals surface area contributed by atoms with E-state index in [2.05, 4.69) is 10.2 Å². The molecule has 2 saturated heterocycles.